The molecule has 2 aliphatic rings. The second-order valence-electron chi connectivity index (χ2n) is 7.67. The van der Waals surface area contributed by atoms with E-state index in [9.17, 15) is 4.79 Å². The molecule has 1 aromatic heterocycles. The van der Waals surface area contributed by atoms with Crippen molar-refractivity contribution >= 4 is 28.9 Å². The Hall–Kier alpha value is -2.79. The fourth-order valence-corrected chi connectivity index (χ4v) is 4.15. The Balaban J connectivity index is 1.35. The molecule has 2 aromatic carbocycles. The summed E-state index contributed by atoms with van der Waals surface area (Å²) >= 11 is 5.95. The summed E-state index contributed by atoms with van der Waals surface area (Å²) in [5, 5.41) is 5.19. The van der Waals surface area contributed by atoms with E-state index in [-0.39, 0.29) is 5.91 Å². The quantitative estimate of drug-likeness (QED) is 0.657. The highest BCUT2D eigenvalue weighted by Gasteiger charge is 2.32. The third-order valence-corrected chi connectivity index (χ3v) is 5.86. The van der Waals surface area contributed by atoms with Gasteiger partial charge in [0, 0.05) is 41.2 Å². The van der Waals surface area contributed by atoms with Crippen molar-refractivity contribution in [3.8, 4) is 5.69 Å². The number of aromatic nitrogens is 2. The van der Waals surface area contributed by atoms with Crippen molar-refractivity contribution in [3.63, 3.8) is 0 Å². The first kappa shape index (κ1) is 17.3. The van der Waals surface area contributed by atoms with E-state index in [2.05, 4.69) is 29.1 Å². The summed E-state index contributed by atoms with van der Waals surface area (Å²) in [4.78, 5) is 17.1. The lowest BCUT2D eigenvalue weighted by molar-refractivity contribution is 0.0991. The van der Waals surface area contributed by atoms with Crippen LogP contribution in [0.3, 0.4) is 0 Å². The highest BCUT2D eigenvalue weighted by atomic mass is 35.5. The Labute approximate surface area is 169 Å². The first-order chi connectivity index (χ1) is 13.6. The molecule has 0 bridgehead atoms. The van der Waals surface area contributed by atoms with Gasteiger partial charge in [0.15, 0.2) is 5.69 Å². The van der Waals surface area contributed by atoms with E-state index in [1.807, 2.05) is 42.6 Å². The second kappa shape index (κ2) is 6.67. The van der Waals surface area contributed by atoms with Crippen molar-refractivity contribution in [2.45, 2.75) is 19.9 Å². The van der Waals surface area contributed by atoms with Crippen LogP contribution in [0.4, 0.5) is 11.4 Å². The van der Waals surface area contributed by atoms with Crippen LogP contribution in [0.25, 0.3) is 5.69 Å². The Morgan fingerprint density at radius 1 is 1.00 bits per heavy atom. The predicted octanol–water partition coefficient (Wildman–Crippen LogP) is 4.53. The normalized spacial score (nSPS) is 18.8. The maximum absolute atomic E-state index is 12.9. The summed E-state index contributed by atoms with van der Waals surface area (Å²) in [5.41, 5.74) is 4.49. The van der Waals surface area contributed by atoms with E-state index in [1.54, 1.807) is 9.58 Å². The van der Waals surface area contributed by atoms with Gasteiger partial charge in [0.05, 0.1) is 12.2 Å². The minimum absolute atomic E-state index is 0.0507. The number of anilines is 2. The van der Waals surface area contributed by atoms with Gasteiger partial charge in [-0.15, -0.1) is 0 Å². The molecule has 1 atom stereocenters. The standard InChI is InChI=1S/C22H21ClN4O/c1-15-10-11-25(12-15)18-6-8-19(9-7-18)26-13-16-14-27(24-21(16)22(26)28)20-4-2-17(23)3-5-20/h2-9,14-15H,10-13H2,1H3. The molecular weight excluding hydrogens is 372 g/mol. The lowest BCUT2D eigenvalue weighted by Crippen LogP contribution is -2.24. The van der Waals surface area contributed by atoms with Crippen molar-refractivity contribution in [1.82, 2.24) is 9.78 Å². The average Bonchev–Trinajstić information content (AvgIpc) is 3.39. The molecule has 0 spiro atoms. The number of benzene rings is 2. The molecule has 5 nitrogen and oxygen atoms in total. The summed E-state index contributed by atoms with van der Waals surface area (Å²) in [6.07, 6.45) is 3.17. The number of fused-ring (bicyclic) bond motifs is 1. The fourth-order valence-electron chi connectivity index (χ4n) is 4.02. The maximum atomic E-state index is 12.9. The highest BCUT2D eigenvalue weighted by Crippen LogP contribution is 2.31. The van der Waals surface area contributed by atoms with Gasteiger partial charge >= 0.3 is 0 Å². The Bertz CT molecular complexity index is 1030. The molecule has 0 N–H and O–H groups in total. The van der Waals surface area contributed by atoms with E-state index < -0.39 is 0 Å². The summed E-state index contributed by atoms with van der Waals surface area (Å²) in [6.45, 7) is 5.04. The smallest absolute Gasteiger partial charge is 0.279 e. The van der Waals surface area contributed by atoms with Crippen molar-refractivity contribution in [2.24, 2.45) is 5.92 Å². The summed E-state index contributed by atoms with van der Waals surface area (Å²) in [7, 11) is 0. The molecule has 0 aliphatic carbocycles. The van der Waals surface area contributed by atoms with Crippen LogP contribution in [0, 0.1) is 5.92 Å². The number of halogens is 1. The second-order valence-corrected chi connectivity index (χ2v) is 8.11. The van der Waals surface area contributed by atoms with E-state index in [1.165, 1.54) is 12.1 Å². The molecule has 6 heteroatoms. The Morgan fingerprint density at radius 2 is 1.68 bits per heavy atom. The van der Waals surface area contributed by atoms with Gasteiger partial charge in [-0.3, -0.25) is 4.79 Å². The average molecular weight is 393 g/mol. The van der Waals surface area contributed by atoms with Crippen LogP contribution < -0.4 is 9.80 Å². The van der Waals surface area contributed by atoms with Gasteiger partial charge in [-0.05, 0) is 60.9 Å². The van der Waals surface area contributed by atoms with Crippen LogP contribution in [0.15, 0.2) is 54.7 Å². The molecule has 5 rings (SSSR count). The lowest BCUT2D eigenvalue weighted by Gasteiger charge is -2.21. The zero-order valence-electron chi connectivity index (χ0n) is 15.7. The molecule has 28 heavy (non-hydrogen) atoms. The third kappa shape index (κ3) is 2.96. The van der Waals surface area contributed by atoms with Crippen LogP contribution in [-0.2, 0) is 6.54 Å². The monoisotopic (exact) mass is 392 g/mol. The number of hydrogen-bond acceptors (Lipinski definition) is 3. The molecule has 3 aromatic rings. The van der Waals surface area contributed by atoms with Crippen molar-refractivity contribution in [2.75, 3.05) is 22.9 Å². The van der Waals surface area contributed by atoms with E-state index in [4.69, 9.17) is 11.6 Å². The van der Waals surface area contributed by atoms with Crippen LogP contribution in [-0.4, -0.2) is 28.8 Å². The van der Waals surface area contributed by atoms with Gasteiger partial charge in [-0.1, -0.05) is 18.5 Å². The van der Waals surface area contributed by atoms with Crippen LogP contribution in [0.2, 0.25) is 5.02 Å². The molecular formula is C22H21ClN4O. The Kier molecular flexibility index (Phi) is 4.13. The zero-order valence-corrected chi connectivity index (χ0v) is 16.4. The predicted molar refractivity (Wildman–Crippen MR) is 112 cm³/mol. The van der Waals surface area contributed by atoms with Gasteiger partial charge in [0.1, 0.15) is 0 Å². The molecule has 1 amide bonds. The molecule has 1 unspecified atom stereocenters. The van der Waals surface area contributed by atoms with Gasteiger partial charge in [-0.2, -0.15) is 5.10 Å². The molecule has 2 aliphatic heterocycles. The minimum Gasteiger partial charge on any atom is -0.371 e. The molecule has 3 heterocycles. The Morgan fingerprint density at radius 3 is 2.32 bits per heavy atom. The number of nitrogens with zero attached hydrogens (tertiary/aromatic N) is 4. The SMILES string of the molecule is CC1CCN(c2ccc(N3Cc4cn(-c5ccc(Cl)cc5)nc4C3=O)cc2)C1. The van der Waals surface area contributed by atoms with Crippen molar-refractivity contribution in [3.05, 3.63) is 71.0 Å². The third-order valence-electron chi connectivity index (χ3n) is 5.61. The van der Waals surface area contributed by atoms with Crippen molar-refractivity contribution < 1.29 is 4.79 Å². The maximum Gasteiger partial charge on any atom is 0.279 e. The lowest BCUT2D eigenvalue weighted by atomic mass is 10.2. The highest BCUT2D eigenvalue weighted by molar-refractivity contribution is 6.30. The number of rotatable bonds is 3. The first-order valence-electron chi connectivity index (χ1n) is 9.60. The van der Waals surface area contributed by atoms with Crippen molar-refractivity contribution in [1.29, 1.82) is 0 Å². The topological polar surface area (TPSA) is 41.4 Å². The first-order valence-corrected chi connectivity index (χ1v) is 9.97. The van der Waals surface area contributed by atoms with Crippen LogP contribution in [0.1, 0.15) is 29.4 Å². The molecule has 0 saturated carbocycles. The number of amides is 1. The number of carbonyl (C=O) groups excluding carboxylic acids is 1. The molecule has 142 valence electrons. The fraction of sp³-hybridized carbons (Fsp3) is 0.273. The molecule has 0 radical (unpaired) electrons. The van der Waals surface area contributed by atoms with Crippen LogP contribution in [0.5, 0.6) is 0 Å². The molecule has 1 saturated heterocycles. The summed E-state index contributed by atoms with van der Waals surface area (Å²) in [6, 6.07) is 15.7. The van der Waals surface area contributed by atoms with E-state index in [0.29, 0.717) is 17.3 Å². The largest absolute Gasteiger partial charge is 0.371 e. The number of hydrogen-bond donors (Lipinski definition) is 0. The van der Waals surface area contributed by atoms with Gasteiger partial charge in [0.25, 0.3) is 5.91 Å². The number of carbonyl (C=O) groups is 1. The van der Waals surface area contributed by atoms with E-state index >= 15 is 0 Å². The zero-order chi connectivity index (χ0) is 19.3. The van der Waals surface area contributed by atoms with Gasteiger partial charge in [0.2, 0.25) is 0 Å². The van der Waals surface area contributed by atoms with Crippen LogP contribution >= 0.6 is 11.6 Å². The van der Waals surface area contributed by atoms with Gasteiger partial charge < -0.3 is 9.80 Å². The minimum atomic E-state index is -0.0507. The van der Waals surface area contributed by atoms with Gasteiger partial charge in [-0.25, -0.2) is 4.68 Å². The van der Waals surface area contributed by atoms with E-state index in [0.717, 1.165) is 35.9 Å². The summed E-state index contributed by atoms with van der Waals surface area (Å²) < 4.78 is 1.74. The summed E-state index contributed by atoms with van der Waals surface area (Å²) in [5.74, 6) is 0.693. The molecule has 1 fully saturated rings.